The predicted molar refractivity (Wildman–Crippen MR) is 84.6 cm³/mol. The number of hydrogen-bond donors (Lipinski definition) is 0. The number of likely N-dealkylation sites (N-methyl/N-ethyl adjacent to an activating group) is 1. The fourth-order valence-corrected chi connectivity index (χ4v) is 5.39. The Hall–Kier alpha value is -0.890. The molecule has 2 atom stereocenters. The first-order valence-electron chi connectivity index (χ1n) is 7.97. The molecule has 2 aliphatic rings. The van der Waals surface area contributed by atoms with Crippen molar-refractivity contribution in [2.45, 2.75) is 37.8 Å². The molecule has 6 nitrogen and oxygen atoms in total. The van der Waals surface area contributed by atoms with Gasteiger partial charge in [-0.25, -0.2) is 0 Å². The highest BCUT2D eigenvalue weighted by Crippen LogP contribution is 2.36. The molecule has 0 aliphatic carbocycles. The average molecular weight is 327 g/mol. The van der Waals surface area contributed by atoms with Crippen LogP contribution in [0, 0.1) is 0 Å². The minimum Gasteiger partial charge on any atom is -0.468 e. The van der Waals surface area contributed by atoms with Gasteiger partial charge < -0.3 is 9.32 Å². The molecule has 0 spiro atoms. The lowest BCUT2D eigenvalue weighted by Crippen LogP contribution is -2.51. The van der Waals surface area contributed by atoms with Gasteiger partial charge in [0.15, 0.2) is 0 Å². The van der Waals surface area contributed by atoms with E-state index in [4.69, 9.17) is 4.42 Å². The van der Waals surface area contributed by atoms with Gasteiger partial charge in [0, 0.05) is 25.7 Å². The van der Waals surface area contributed by atoms with Gasteiger partial charge in [-0.05, 0) is 51.9 Å². The molecule has 0 unspecified atom stereocenters. The maximum absolute atomic E-state index is 13.1. The van der Waals surface area contributed by atoms with E-state index in [1.54, 1.807) is 14.9 Å². The van der Waals surface area contributed by atoms with Crippen LogP contribution in [0.3, 0.4) is 0 Å². The van der Waals surface area contributed by atoms with Crippen LogP contribution in [0.15, 0.2) is 22.8 Å². The first-order chi connectivity index (χ1) is 10.5. The second-order valence-electron chi connectivity index (χ2n) is 6.41. The third kappa shape index (κ3) is 2.95. The topological polar surface area (TPSA) is 57.0 Å². The van der Waals surface area contributed by atoms with E-state index in [2.05, 4.69) is 4.90 Å². The summed E-state index contributed by atoms with van der Waals surface area (Å²) in [4.78, 5) is 2.12. The van der Waals surface area contributed by atoms with E-state index in [0.717, 1.165) is 31.4 Å². The summed E-state index contributed by atoms with van der Waals surface area (Å²) in [5, 5.41) is 0. The molecule has 0 saturated carbocycles. The van der Waals surface area contributed by atoms with Gasteiger partial charge in [-0.15, -0.1) is 0 Å². The minimum atomic E-state index is -3.42. The van der Waals surface area contributed by atoms with Gasteiger partial charge in [0.1, 0.15) is 5.76 Å². The van der Waals surface area contributed by atoms with Crippen LogP contribution in [0.1, 0.15) is 37.5 Å². The Morgan fingerprint density at radius 3 is 2.68 bits per heavy atom. The monoisotopic (exact) mass is 327 g/mol. The first kappa shape index (κ1) is 16.0. The predicted octanol–water partition coefficient (Wildman–Crippen LogP) is 1.69. The lowest BCUT2D eigenvalue weighted by Gasteiger charge is -2.38. The maximum Gasteiger partial charge on any atom is 0.282 e. The van der Waals surface area contributed by atoms with Gasteiger partial charge in [0.2, 0.25) is 0 Å². The largest absolute Gasteiger partial charge is 0.468 e. The van der Waals surface area contributed by atoms with Crippen molar-refractivity contribution in [2.24, 2.45) is 0 Å². The number of nitrogens with zero attached hydrogens (tertiary/aromatic N) is 3. The van der Waals surface area contributed by atoms with Crippen LogP contribution in [-0.4, -0.2) is 61.7 Å². The van der Waals surface area contributed by atoms with Crippen molar-refractivity contribution < 1.29 is 12.8 Å². The quantitative estimate of drug-likeness (QED) is 0.844. The second kappa shape index (κ2) is 6.31. The van der Waals surface area contributed by atoms with E-state index < -0.39 is 10.2 Å². The van der Waals surface area contributed by atoms with Gasteiger partial charge >= 0.3 is 0 Å². The summed E-state index contributed by atoms with van der Waals surface area (Å²) in [6.07, 6.45) is 5.30. The number of rotatable bonds is 4. The van der Waals surface area contributed by atoms with Crippen molar-refractivity contribution in [1.29, 1.82) is 0 Å². The normalized spacial score (nSPS) is 28.5. The number of piperidine rings is 1. The zero-order valence-electron chi connectivity index (χ0n) is 13.3. The van der Waals surface area contributed by atoms with E-state index in [0.29, 0.717) is 25.7 Å². The van der Waals surface area contributed by atoms with Crippen LogP contribution in [-0.2, 0) is 10.2 Å². The number of furan rings is 1. The molecule has 3 rings (SSSR count). The highest BCUT2D eigenvalue weighted by atomic mass is 32.2. The molecule has 7 heteroatoms. The molecule has 1 aromatic rings. The number of hydrogen-bond acceptors (Lipinski definition) is 4. The third-order valence-electron chi connectivity index (χ3n) is 4.79. The Bertz CT molecular complexity index is 585. The summed E-state index contributed by atoms with van der Waals surface area (Å²) < 4.78 is 34.8. The van der Waals surface area contributed by atoms with E-state index in [9.17, 15) is 8.42 Å². The van der Waals surface area contributed by atoms with Crippen molar-refractivity contribution in [2.75, 3.05) is 33.7 Å². The van der Waals surface area contributed by atoms with Gasteiger partial charge in [0.05, 0.1) is 12.3 Å². The summed E-state index contributed by atoms with van der Waals surface area (Å²) in [6, 6.07) is 3.84. The molecule has 0 N–H and O–H groups in total. The fraction of sp³-hybridized carbons (Fsp3) is 0.733. The SMILES string of the molecule is CN(C)[C@H]1CCCN(S(=O)(=O)N2CCC[C@@H]2c2ccco2)C1. The summed E-state index contributed by atoms with van der Waals surface area (Å²) in [5.74, 6) is 0.752. The van der Waals surface area contributed by atoms with Gasteiger partial charge in [-0.2, -0.15) is 17.0 Å². The van der Waals surface area contributed by atoms with Crippen molar-refractivity contribution in [3.8, 4) is 0 Å². The van der Waals surface area contributed by atoms with E-state index in [1.807, 2.05) is 26.2 Å². The maximum atomic E-state index is 13.1. The smallest absolute Gasteiger partial charge is 0.282 e. The highest BCUT2D eigenvalue weighted by molar-refractivity contribution is 7.86. The molecule has 22 heavy (non-hydrogen) atoms. The molecule has 2 aliphatic heterocycles. The van der Waals surface area contributed by atoms with Crippen LogP contribution in [0.4, 0.5) is 0 Å². The van der Waals surface area contributed by atoms with Gasteiger partial charge in [-0.3, -0.25) is 0 Å². The van der Waals surface area contributed by atoms with E-state index in [-0.39, 0.29) is 6.04 Å². The van der Waals surface area contributed by atoms with Crippen LogP contribution in [0.2, 0.25) is 0 Å². The van der Waals surface area contributed by atoms with Crippen molar-refractivity contribution >= 4 is 10.2 Å². The average Bonchev–Trinajstić information content (AvgIpc) is 3.18. The Labute approximate surface area is 132 Å². The second-order valence-corrected chi connectivity index (χ2v) is 8.29. The van der Waals surface area contributed by atoms with Crippen LogP contribution < -0.4 is 0 Å². The summed E-state index contributed by atoms with van der Waals surface area (Å²) in [5.41, 5.74) is 0. The molecular formula is C15H25N3O3S. The summed E-state index contributed by atoms with van der Waals surface area (Å²) >= 11 is 0. The Morgan fingerprint density at radius 2 is 2.00 bits per heavy atom. The first-order valence-corrected chi connectivity index (χ1v) is 9.36. The molecule has 0 radical (unpaired) electrons. The molecule has 124 valence electrons. The van der Waals surface area contributed by atoms with E-state index >= 15 is 0 Å². The molecule has 0 bridgehead atoms. The van der Waals surface area contributed by atoms with Gasteiger partial charge in [-0.1, -0.05) is 0 Å². The molecular weight excluding hydrogens is 302 g/mol. The van der Waals surface area contributed by atoms with Gasteiger partial charge in [0.25, 0.3) is 10.2 Å². The molecule has 1 aromatic heterocycles. The zero-order valence-corrected chi connectivity index (χ0v) is 14.1. The molecule has 3 heterocycles. The highest BCUT2D eigenvalue weighted by Gasteiger charge is 2.41. The Balaban J connectivity index is 1.80. The van der Waals surface area contributed by atoms with Crippen molar-refractivity contribution in [3.05, 3.63) is 24.2 Å². The summed E-state index contributed by atoms with van der Waals surface area (Å²) in [7, 11) is 0.609. The Morgan fingerprint density at radius 1 is 1.23 bits per heavy atom. The fourth-order valence-electron chi connectivity index (χ4n) is 3.48. The lowest BCUT2D eigenvalue weighted by molar-refractivity contribution is 0.180. The lowest BCUT2D eigenvalue weighted by atomic mass is 10.1. The summed E-state index contributed by atoms with van der Waals surface area (Å²) in [6.45, 7) is 1.78. The van der Waals surface area contributed by atoms with Crippen LogP contribution >= 0.6 is 0 Å². The molecule has 2 fully saturated rings. The minimum absolute atomic E-state index is 0.153. The molecule has 2 saturated heterocycles. The zero-order chi connectivity index (χ0) is 15.7. The Kier molecular flexibility index (Phi) is 4.59. The van der Waals surface area contributed by atoms with Crippen molar-refractivity contribution in [3.63, 3.8) is 0 Å². The van der Waals surface area contributed by atoms with Crippen LogP contribution in [0.25, 0.3) is 0 Å². The standard InChI is InChI=1S/C15H25N3O3S/c1-16(2)13-6-3-9-17(12-13)22(19,20)18-10-4-7-14(18)15-8-5-11-21-15/h5,8,11,13-14H,3-4,6-7,9-10,12H2,1-2H3/t13-,14+/m0/s1. The molecule has 0 amide bonds. The molecule has 0 aromatic carbocycles. The third-order valence-corrected chi connectivity index (χ3v) is 6.80. The van der Waals surface area contributed by atoms with E-state index in [1.165, 1.54) is 0 Å². The van der Waals surface area contributed by atoms with Crippen LogP contribution in [0.5, 0.6) is 0 Å². The van der Waals surface area contributed by atoms with Crippen molar-refractivity contribution in [1.82, 2.24) is 13.5 Å².